The van der Waals surface area contributed by atoms with E-state index in [0.29, 0.717) is 24.7 Å². The maximum atomic E-state index is 10.6. The Bertz CT molecular complexity index is 487. The maximum Gasteiger partial charge on any atom is 0.270 e. The molecular formula is C13H17ClN2O3. The van der Waals surface area contributed by atoms with Gasteiger partial charge < -0.3 is 5.11 Å². The zero-order chi connectivity index (χ0) is 14.0. The normalized spacial score (nSPS) is 18.1. The number of nitro groups is 1. The van der Waals surface area contributed by atoms with Gasteiger partial charge in [-0.3, -0.25) is 15.0 Å². The zero-order valence-corrected chi connectivity index (χ0v) is 11.6. The third kappa shape index (κ3) is 3.23. The first-order valence-electron chi connectivity index (χ1n) is 6.31. The summed E-state index contributed by atoms with van der Waals surface area (Å²) in [6.07, 6.45) is 1.76. The molecule has 1 fully saturated rings. The molecule has 0 spiro atoms. The Morgan fingerprint density at radius 1 is 1.53 bits per heavy atom. The molecule has 6 heteroatoms. The lowest BCUT2D eigenvalue weighted by Gasteiger charge is -2.46. The number of β-amino-alcohol motifs (C(OH)–C–C–N with tert-alkyl or cyclic N) is 1. The number of nitro benzene ring substituents is 1. The molecule has 2 rings (SSSR count). The summed E-state index contributed by atoms with van der Waals surface area (Å²) in [4.78, 5) is 12.2. The van der Waals surface area contributed by atoms with Crippen LogP contribution in [0, 0.1) is 10.1 Å². The molecule has 1 heterocycles. The van der Waals surface area contributed by atoms with E-state index in [9.17, 15) is 15.2 Å². The predicted octanol–water partition coefficient (Wildman–Crippen LogP) is 2.60. The van der Waals surface area contributed by atoms with Crippen molar-refractivity contribution in [1.82, 2.24) is 4.90 Å². The monoisotopic (exact) mass is 284 g/mol. The molecule has 0 atom stereocenters. The number of benzene rings is 1. The van der Waals surface area contributed by atoms with Crippen molar-refractivity contribution < 1.29 is 10.0 Å². The summed E-state index contributed by atoms with van der Waals surface area (Å²) in [5.41, 5.74) is 0.285. The standard InChI is InChI=1S/C13H17ClN2O3/c1-2-5-13(17)8-15(9-13)7-10-3-4-11(16(18)19)6-12(10)14/h3-4,6,17H,2,5,7-9H2,1H3. The number of likely N-dealkylation sites (tertiary alicyclic amines) is 1. The molecule has 5 nitrogen and oxygen atoms in total. The van der Waals surface area contributed by atoms with E-state index in [2.05, 4.69) is 4.90 Å². The van der Waals surface area contributed by atoms with E-state index in [1.54, 1.807) is 6.07 Å². The minimum Gasteiger partial charge on any atom is -0.387 e. The lowest BCUT2D eigenvalue weighted by atomic mass is 9.89. The second-order valence-corrected chi connectivity index (χ2v) is 5.56. The molecule has 0 radical (unpaired) electrons. The van der Waals surface area contributed by atoms with Gasteiger partial charge in [-0.25, -0.2) is 0 Å². The highest BCUT2D eigenvalue weighted by Crippen LogP contribution is 2.30. The Morgan fingerprint density at radius 3 is 2.74 bits per heavy atom. The Hall–Kier alpha value is -1.17. The minimum absolute atomic E-state index is 0.000141. The SMILES string of the molecule is CCCC1(O)CN(Cc2ccc([N+](=O)[O-])cc2Cl)C1. The van der Waals surface area contributed by atoms with Gasteiger partial charge in [-0.1, -0.05) is 24.9 Å². The van der Waals surface area contributed by atoms with Gasteiger partial charge in [0.25, 0.3) is 5.69 Å². The van der Waals surface area contributed by atoms with Gasteiger partial charge in [-0.05, 0) is 18.1 Å². The highest BCUT2D eigenvalue weighted by atomic mass is 35.5. The average molecular weight is 285 g/mol. The van der Waals surface area contributed by atoms with E-state index in [1.807, 2.05) is 6.92 Å². The third-order valence-electron chi connectivity index (χ3n) is 3.39. The van der Waals surface area contributed by atoms with Gasteiger partial charge >= 0.3 is 0 Å². The summed E-state index contributed by atoms with van der Waals surface area (Å²) in [5.74, 6) is 0. The van der Waals surface area contributed by atoms with Crippen molar-refractivity contribution in [3.8, 4) is 0 Å². The summed E-state index contributed by atoms with van der Waals surface area (Å²) in [6, 6.07) is 4.51. The number of hydrogen-bond acceptors (Lipinski definition) is 4. The van der Waals surface area contributed by atoms with Crippen molar-refractivity contribution in [2.24, 2.45) is 0 Å². The number of non-ortho nitro benzene ring substituents is 1. The summed E-state index contributed by atoms with van der Waals surface area (Å²) in [6.45, 7) is 3.93. The van der Waals surface area contributed by atoms with Crippen molar-refractivity contribution >= 4 is 17.3 Å². The molecule has 0 bridgehead atoms. The molecule has 0 amide bonds. The van der Waals surface area contributed by atoms with Crippen LogP contribution in [-0.2, 0) is 6.54 Å². The van der Waals surface area contributed by atoms with Crippen LogP contribution in [0.15, 0.2) is 18.2 Å². The summed E-state index contributed by atoms with van der Waals surface area (Å²) < 4.78 is 0. The van der Waals surface area contributed by atoms with Crippen LogP contribution >= 0.6 is 11.6 Å². The lowest BCUT2D eigenvalue weighted by Crippen LogP contribution is -2.60. The molecule has 1 aliphatic heterocycles. The van der Waals surface area contributed by atoms with Crippen LogP contribution in [0.4, 0.5) is 5.69 Å². The molecule has 1 aromatic rings. The van der Waals surface area contributed by atoms with Crippen molar-refractivity contribution in [2.75, 3.05) is 13.1 Å². The smallest absolute Gasteiger partial charge is 0.270 e. The fourth-order valence-corrected chi connectivity index (χ4v) is 2.77. The summed E-state index contributed by atoms with van der Waals surface area (Å²) >= 11 is 6.04. The van der Waals surface area contributed by atoms with E-state index in [4.69, 9.17) is 11.6 Å². The van der Waals surface area contributed by atoms with Crippen LogP contribution in [0.25, 0.3) is 0 Å². The van der Waals surface area contributed by atoms with Crippen molar-refractivity contribution in [1.29, 1.82) is 0 Å². The number of nitrogens with zero attached hydrogens (tertiary/aromatic N) is 2. The molecule has 19 heavy (non-hydrogen) atoms. The number of rotatable bonds is 5. The quantitative estimate of drug-likeness (QED) is 0.667. The Balaban J connectivity index is 1.96. The van der Waals surface area contributed by atoms with Crippen LogP contribution in [0.2, 0.25) is 5.02 Å². The van der Waals surface area contributed by atoms with Crippen LogP contribution < -0.4 is 0 Å². The maximum absolute atomic E-state index is 10.6. The Kier molecular flexibility index (Phi) is 4.08. The Morgan fingerprint density at radius 2 is 2.21 bits per heavy atom. The lowest BCUT2D eigenvalue weighted by molar-refractivity contribution is -0.384. The minimum atomic E-state index is -0.567. The highest BCUT2D eigenvalue weighted by molar-refractivity contribution is 6.31. The molecule has 1 aromatic carbocycles. The van der Waals surface area contributed by atoms with Gasteiger partial charge in [-0.15, -0.1) is 0 Å². The van der Waals surface area contributed by atoms with Crippen molar-refractivity contribution in [2.45, 2.75) is 31.9 Å². The molecule has 0 aromatic heterocycles. The van der Waals surface area contributed by atoms with Gasteiger partial charge in [0.1, 0.15) is 0 Å². The van der Waals surface area contributed by atoms with Gasteiger partial charge in [0.2, 0.25) is 0 Å². The van der Waals surface area contributed by atoms with Gasteiger partial charge in [0.05, 0.1) is 15.5 Å². The van der Waals surface area contributed by atoms with E-state index in [0.717, 1.165) is 18.4 Å². The number of hydrogen-bond donors (Lipinski definition) is 1. The van der Waals surface area contributed by atoms with Gasteiger partial charge in [0, 0.05) is 31.8 Å². The van der Waals surface area contributed by atoms with Crippen LogP contribution in [-0.4, -0.2) is 33.6 Å². The topological polar surface area (TPSA) is 66.6 Å². The molecule has 0 aliphatic carbocycles. The molecule has 0 unspecified atom stereocenters. The zero-order valence-electron chi connectivity index (χ0n) is 10.8. The highest BCUT2D eigenvalue weighted by Gasteiger charge is 2.39. The van der Waals surface area contributed by atoms with Crippen molar-refractivity contribution in [3.63, 3.8) is 0 Å². The fourth-order valence-electron chi connectivity index (χ4n) is 2.54. The van der Waals surface area contributed by atoms with E-state index < -0.39 is 10.5 Å². The van der Waals surface area contributed by atoms with Crippen LogP contribution in [0.3, 0.4) is 0 Å². The largest absolute Gasteiger partial charge is 0.387 e. The first kappa shape index (κ1) is 14.2. The average Bonchev–Trinajstić information content (AvgIpc) is 2.29. The second kappa shape index (κ2) is 5.45. The van der Waals surface area contributed by atoms with E-state index >= 15 is 0 Å². The first-order valence-corrected chi connectivity index (χ1v) is 6.69. The Labute approximate surface area is 116 Å². The fraction of sp³-hybridized carbons (Fsp3) is 0.538. The molecule has 1 N–H and O–H groups in total. The summed E-state index contributed by atoms with van der Waals surface area (Å²) in [7, 11) is 0. The van der Waals surface area contributed by atoms with Crippen LogP contribution in [0.1, 0.15) is 25.3 Å². The first-order chi connectivity index (χ1) is 8.93. The van der Waals surface area contributed by atoms with E-state index in [-0.39, 0.29) is 5.69 Å². The van der Waals surface area contributed by atoms with Crippen molar-refractivity contribution in [3.05, 3.63) is 38.9 Å². The molecular weight excluding hydrogens is 268 g/mol. The molecule has 1 aliphatic rings. The van der Waals surface area contributed by atoms with Gasteiger partial charge in [0.15, 0.2) is 0 Å². The predicted molar refractivity (Wildman–Crippen MR) is 73.2 cm³/mol. The molecule has 104 valence electrons. The second-order valence-electron chi connectivity index (χ2n) is 5.15. The third-order valence-corrected chi connectivity index (χ3v) is 3.74. The summed E-state index contributed by atoms with van der Waals surface area (Å²) in [5, 5.41) is 21.1. The number of halogens is 1. The molecule has 1 saturated heterocycles. The van der Waals surface area contributed by atoms with Crippen LogP contribution in [0.5, 0.6) is 0 Å². The van der Waals surface area contributed by atoms with Gasteiger partial charge in [-0.2, -0.15) is 0 Å². The molecule has 0 saturated carbocycles. The number of aliphatic hydroxyl groups is 1. The van der Waals surface area contributed by atoms with E-state index in [1.165, 1.54) is 12.1 Å².